The molecule has 0 aliphatic heterocycles. The van der Waals surface area contributed by atoms with Crippen LogP contribution in [0.5, 0.6) is 0 Å². The Labute approximate surface area is 98.9 Å². The van der Waals surface area contributed by atoms with Gasteiger partial charge >= 0.3 is 0 Å². The van der Waals surface area contributed by atoms with Gasteiger partial charge in [0.1, 0.15) is 11.5 Å². The first-order valence-corrected chi connectivity index (χ1v) is 5.27. The maximum atomic E-state index is 13.3. The predicted octanol–water partition coefficient (Wildman–Crippen LogP) is 2.72. The van der Waals surface area contributed by atoms with Gasteiger partial charge in [-0.15, -0.1) is 0 Å². The second-order valence-electron chi connectivity index (χ2n) is 3.92. The van der Waals surface area contributed by atoms with Gasteiger partial charge in [0.15, 0.2) is 0 Å². The average Bonchev–Trinajstić information content (AvgIpc) is 2.70. The van der Waals surface area contributed by atoms with Crippen LogP contribution in [0.3, 0.4) is 0 Å². The van der Waals surface area contributed by atoms with Crippen LogP contribution in [0.25, 0.3) is 0 Å². The van der Waals surface area contributed by atoms with Gasteiger partial charge in [-0.3, -0.25) is 4.79 Å². The van der Waals surface area contributed by atoms with Gasteiger partial charge in [-0.2, -0.15) is 0 Å². The van der Waals surface area contributed by atoms with Crippen molar-refractivity contribution in [3.63, 3.8) is 0 Å². The lowest BCUT2D eigenvalue weighted by Gasteiger charge is -2.07. The lowest BCUT2D eigenvalue weighted by molar-refractivity contribution is 0.101. The number of amides is 1. The maximum Gasteiger partial charge on any atom is 0.272 e. The van der Waals surface area contributed by atoms with Crippen molar-refractivity contribution in [2.45, 2.75) is 6.92 Å². The van der Waals surface area contributed by atoms with E-state index in [-0.39, 0.29) is 11.7 Å². The molecule has 0 atom stereocenters. The zero-order valence-corrected chi connectivity index (χ0v) is 9.70. The van der Waals surface area contributed by atoms with Crippen molar-refractivity contribution >= 4 is 11.6 Å². The van der Waals surface area contributed by atoms with Crippen molar-refractivity contribution in [2.75, 3.05) is 5.32 Å². The minimum atomic E-state index is -0.324. The van der Waals surface area contributed by atoms with Gasteiger partial charge in [-0.05, 0) is 36.8 Å². The highest BCUT2D eigenvalue weighted by Crippen LogP contribution is 2.14. The first-order chi connectivity index (χ1) is 8.08. The lowest BCUT2D eigenvalue weighted by Crippen LogP contribution is -2.15. The Kier molecular flexibility index (Phi) is 2.95. The number of nitrogens with one attached hydrogen (secondary N) is 1. The van der Waals surface area contributed by atoms with E-state index in [4.69, 9.17) is 0 Å². The van der Waals surface area contributed by atoms with E-state index in [0.29, 0.717) is 16.9 Å². The molecule has 1 N–H and O–H groups in total. The second kappa shape index (κ2) is 4.41. The van der Waals surface area contributed by atoms with E-state index < -0.39 is 0 Å². The second-order valence-corrected chi connectivity index (χ2v) is 3.92. The van der Waals surface area contributed by atoms with Crippen LogP contribution in [0.1, 0.15) is 16.1 Å². The van der Waals surface area contributed by atoms with Gasteiger partial charge in [0.2, 0.25) is 0 Å². The topological polar surface area (TPSA) is 34.0 Å². The summed E-state index contributed by atoms with van der Waals surface area (Å²) in [7, 11) is 1.78. The number of aromatic nitrogens is 1. The van der Waals surface area contributed by atoms with Crippen molar-refractivity contribution in [3.8, 4) is 0 Å². The number of hydrogen-bond donors (Lipinski definition) is 1. The fourth-order valence-corrected chi connectivity index (χ4v) is 1.56. The largest absolute Gasteiger partial charge is 0.347 e. The summed E-state index contributed by atoms with van der Waals surface area (Å²) in [4.78, 5) is 11.8. The van der Waals surface area contributed by atoms with Gasteiger partial charge in [0, 0.05) is 18.9 Å². The summed E-state index contributed by atoms with van der Waals surface area (Å²) >= 11 is 0. The summed E-state index contributed by atoms with van der Waals surface area (Å²) in [6.07, 6.45) is 1.78. The fourth-order valence-electron chi connectivity index (χ4n) is 1.56. The summed E-state index contributed by atoms with van der Waals surface area (Å²) in [6, 6.07) is 8.12. The smallest absolute Gasteiger partial charge is 0.272 e. The first kappa shape index (κ1) is 11.4. The molecule has 1 aromatic heterocycles. The summed E-state index contributed by atoms with van der Waals surface area (Å²) in [5, 5.41) is 2.65. The molecule has 0 unspecified atom stereocenters. The Morgan fingerprint density at radius 2 is 2.12 bits per heavy atom. The molecule has 2 rings (SSSR count). The number of rotatable bonds is 2. The molecular weight excluding hydrogens is 219 g/mol. The number of benzene rings is 1. The molecule has 0 saturated heterocycles. The van der Waals surface area contributed by atoms with Crippen molar-refractivity contribution < 1.29 is 9.18 Å². The van der Waals surface area contributed by atoms with Gasteiger partial charge in [-0.25, -0.2) is 4.39 Å². The monoisotopic (exact) mass is 232 g/mol. The third-order valence-corrected chi connectivity index (χ3v) is 2.61. The van der Waals surface area contributed by atoms with Gasteiger partial charge in [-0.1, -0.05) is 6.07 Å². The molecule has 1 aromatic carbocycles. The van der Waals surface area contributed by atoms with Gasteiger partial charge in [0.25, 0.3) is 5.91 Å². The fraction of sp³-hybridized carbons (Fsp3) is 0.154. The van der Waals surface area contributed by atoms with Crippen molar-refractivity contribution in [3.05, 3.63) is 53.6 Å². The summed E-state index contributed by atoms with van der Waals surface area (Å²) in [5.74, 6) is -0.574. The molecule has 88 valence electrons. The van der Waals surface area contributed by atoms with Gasteiger partial charge < -0.3 is 9.88 Å². The van der Waals surface area contributed by atoms with Crippen molar-refractivity contribution in [1.82, 2.24) is 4.57 Å². The minimum absolute atomic E-state index is 0.249. The number of carbonyl (C=O) groups excluding carboxylic acids is 1. The van der Waals surface area contributed by atoms with E-state index in [0.717, 1.165) is 0 Å². The lowest BCUT2D eigenvalue weighted by atomic mass is 10.2. The van der Waals surface area contributed by atoms with Crippen LogP contribution in [-0.4, -0.2) is 10.5 Å². The normalized spacial score (nSPS) is 10.3. The number of aryl methyl sites for hydroxylation is 2. The van der Waals surface area contributed by atoms with E-state index in [1.165, 1.54) is 6.07 Å². The third kappa shape index (κ3) is 2.36. The third-order valence-electron chi connectivity index (χ3n) is 2.61. The molecule has 1 amide bonds. The van der Waals surface area contributed by atoms with Gasteiger partial charge in [0.05, 0.1) is 0 Å². The molecule has 0 aliphatic carbocycles. The van der Waals surface area contributed by atoms with Crippen molar-refractivity contribution in [2.24, 2.45) is 7.05 Å². The molecule has 0 bridgehead atoms. The van der Waals surface area contributed by atoms with E-state index in [2.05, 4.69) is 5.32 Å². The first-order valence-electron chi connectivity index (χ1n) is 5.27. The molecular formula is C13H13FN2O. The standard InChI is InChI=1S/C13H13FN2O/c1-9-5-6-10(8-11(9)14)15-13(17)12-4-3-7-16(12)2/h3-8H,1-2H3,(H,15,17). The molecule has 0 aliphatic rings. The van der Waals surface area contributed by atoms with Crippen LogP contribution >= 0.6 is 0 Å². The van der Waals surface area contributed by atoms with Crippen LogP contribution in [-0.2, 0) is 7.05 Å². The molecule has 0 radical (unpaired) electrons. The van der Waals surface area contributed by atoms with E-state index in [9.17, 15) is 9.18 Å². The maximum absolute atomic E-state index is 13.3. The zero-order valence-electron chi connectivity index (χ0n) is 9.70. The Balaban J connectivity index is 2.19. The SMILES string of the molecule is Cc1ccc(NC(=O)c2cccn2C)cc1F. The highest BCUT2D eigenvalue weighted by atomic mass is 19.1. The Morgan fingerprint density at radius 1 is 1.35 bits per heavy atom. The van der Waals surface area contributed by atoms with Crippen LogP contribution in [0.15, 0.2) is 36.5 Å². The predicted molar refractivity (Wildman–Crippen MR) is 64.5 cm³/mol. The Hall–Kier alpha value is -2.10. The van der Waals surface area contributed by atoms with Crippen LogP contribution < -0.4 is 5.32 Å². The number of hydrogen-bond acceptors (Lipinski definition) is 1. The summed E-state index contributed by atoms with van der Waals surface area (Å²) in [5.41, 5.74) is 1.55. The number of anilines is 1. The summed E-state index contributed by atoms with van der Waals surface area (Å²) in [6.45, 7) is 1.68. The molecule has 0 spiro atoms. The zero-order chi connectivity index (χ0) is 12.4. The molecule has 3 nitrogen and oxygen atoms in total. The molecule has 2 aromatic rings. The van der Waals surface area contributed by atoms with Crippen LogP contribution in [0, 0.1) is 12.7 Å². The Morgan fingerprint density at radius 3 is 2.71 bits per heavy atom. The van der Waals surface area contributed by atoms with E-state index in [1.807, 2.05) is 0 Å². The Bertz CT molecular complexity index is 560. The highest BCUT2D eigenvalue weighted by Gasteiger charge is 2.09. The van der Waals surface area contributed by atoms with E-state index >= 15 is 0 Å². The molecule has 4 heteroatoms. The molecule has 1 heterocycles. The highest BCUT2D eigenvalue weighted by molar-refractivity contribution is 6.03. The minimum Gasteiger partial charge on any atom is -0.347 e. The van der Waals surface area contributed by atoms with Crippen molar-refractivity contribution in [1.29, 1.82) is 0 Å². The number of halogens is 1. The average molecular weight is 232 g/mol. The van der Waals surface area contributed by atoms with E-state index in [1.54, 1.807) is 49.0 Å². The number of carbonyl (C=O) groups is 1. The molecule has 17 heavy (non-hydrogen) atoms. The quantitative estimate of drug-likeness (QED) is 0.848. The molecule has 0 saturated carbocycles. The molecule has 0 fully saturated rings. The van der Waals surface area contributed by atoms with Crippen LogP contribution in [0.2, 0.25) is 0 Å². The summed E-state index contributed by atoms with van der Waals surface area (Å²) < 4.78 is 15.0. The number of nitrogens with zero attached hydrogens (tertiary/aromatic N) is 1. The van der Waals surface area contributed by atoms with Crippen LogP contribution in [0.4, 0.5) is 10.1 Å².